The van der Waals surface area contributed by atoms with E-state index >= 15 is 0 Å². The van der Waals surface area contributed by atoms with Crippen LogP contribution in [0.4, 0.5) is 4.79 Å². The molecule has 3 fully saturated rings. The Morgan fingerprint density at radius 2 is 1.89 bits per heavy atom. The summed E-state index contributed by atoms with van der Waals surface area (Å²) in [5, 5.41) is 3.09. The highest BCUT2D eigenvalue weighted by molar-refractivity contribution is 6.07. The molecule has 5 nitrogen and oxygen atoms in total. The molecule has 2 aliphatic heterocycles. The molecule has 0 bridgehead atoms. The lowest BCUT2D eigenvalue weighted by Crippen LogP contribution is -2.54. The Bertz CT molecular complexity index is 732. The highest BCUT2D eigenvalue weighted by Gasteiger charge is 2.56. The number of urea groups is 1. The van der Waals surface area contributed by atoms with Gasteiger partial charge in [0.15, 0.2) is 0 Å². The predicted octanol–water partition coefficient (Wildman–Crippen LogP) is 3.92. The molecule has 3 amide bonds. The van der Waals surface area contributed by atoms with Crippen LogP contribution in [0.15, 0.2) is 30.3 Å². The van der Waals surface area contributed by atoms with Gasteiger partial charge in [-0.05, 0) is 49.0 Å². The number of benzene rings is 1. The fraction of sp³-hybridized carbons (Fsp3) is 0.636. The zero-order chi connectivity index (χ0) is 19.2. The van der Waals surface area contributed by atoms with E-state index in [1.807, 2.05) is 6.07 Å². The Kier molecular flexibility index (Phi) is 4.53. The van der Waals surface area contributed by atoms with Crippen LogP contribution in [-0.2, 0) is 4.79 Å². The number of nitrogens with zero attached hydrogens (tertiary/aromatic N) is 2. The molecule has 1 spiro atoms. The number of likely N-dealkylation sites (tertiary alicyclic amines) is 1. The van der Waals surface area contributed by atoms with Gasteiger partial charge in [0.2, 0.25) is 0 Å². The third-order valence-electron chi connectivity index (χ3n) is 6.50. The normalized spacial score (nSPS) is 33.7. The molecule has 1 aromatic rings. The van der Waals surface area contributed by atoms with Gasteiger partial charge in [0.25, 0.3) is 5.91 Å². The second-order valence-electron chi connectivity index (χ2n) is 9.62. The molecular weight excluding hydrogens is 338 g/mol. The Hall–Kier alpha value is -1.88. The van der Waals surface area contributed by atoms with Crippen molar-refractivity contribution in [3.63, 3.8) is 0 Å². The van der Waals surface area contributed by atoms with Crippen LogP contribution in [0.2, 0.25) is 0 Å². The van der Waals surface area contributed by atoms with Crippen molar-refractivity contribution >= 4 is 11.9 Å². The lowest BCUT2D eigenvalue weighted by Gasteiger charge is -2.44. The summed E-state index contributed by atoms with van der Waals surface area (Å²) in [7, 11) is 0. The number of carbonyl (C=O) groups is 2. The maximum Gasteiger partial charge on any atom is 0.326 e. The summed E-state index contributed by atoms with van der Waals surface area (Å²) in [6, 6.07) is 10.5. The maximum absolute atomic E-state index is 13.4. The Morgan fingerprint density at radius 1 is 1.15 bits per heavy atom. The molecule has 1 aliphatic carbocycles. The molecule has 5 heteroatoms. The Balaban J connectivity index is 1.53. The lowest BCUT2D eigenvalue weighted by molar-refractivity contribution is -0.136. The number of hydrogen-bond acceptors (Lipinski definition) is 3. The summed E-state index contributed by atoms with van der Waals surface area (Å²) in [5.41, 5.74) is 0.626. The van der Waals surface area contributed by atoms with Gasteiger partial charge in [0.05, 0.1) is 6.67 Å². The van der Waals surface area contributed by atoms with E-state index in [0.717, 1.165) is 38.6 Å². The zero-order valence-corrected chi connectivity index (χ0v) is 16.7. The fourth-order valence-electron chi connectivity index (χ4n) is 5.86. The monoisotopic (exact) mass is 369 g/mol. The standard InChI is InChI=1S/C22H31N3O2/c1-16-12-21(2,3)14-22(13-16)19(26)25(20(27)23-22)15-24-11-7-10-18(24)17-8-5-4-6-9-17/h4-6,8-9,16,18H,7,10-15H2,1-3H3,(H,23,27). The Morgan fingerprint density at radius 3 is 2.59 bits per heavy atom. The van der Waals surface area contributed by atoms with Crippen LogP contribution in [0.3, 0.4) is 0 Å². The van der Waals surface area contributed by atoms with Gasteiger partial charge < -0.3 is 5.32 Å². The average Bonchev–Trinajstić information content (AvgIpc) is 3.13. The quantitative estimate of drug-likeness (QED) is 0.822. The third kappa shape index (κ3) is 3.38. The van der Waals surface area contributed by atoms with E-state index in [-0.39, 0.29) is 23.4 Å². The van der Waals surface area contributed by atoms with Crippen LogP contribution in [0.25, 0.3) is 0 Å². The van der Waals surface area contributed by atoms with Gasteiger partial charge in [-0.25, -0.2) is 9.69 Å². The molecule has 1 N–H and O–H groups in total. The summed E-state index contributed by atoms with van der Waals surface area (Å²) in [4.78, 5) is 29.9. The molecule has 2 saturated heterocycles. The van der Waals surface area contributed by atoms with Gasteiger partial charge >= 0.3 is 6.03 Å². The molecular formula is C22H31N3O2. The van der Waals surface area contributed by atoms with E-state index < -0.39 is 5.54 Å². The largest absolute Gasteiger partial charge is 0.326 e. The van der Waals surface area contributed by atoms with E-state index in [2.05, 4.69) is 55.3 Å². The van der Waals surface area contributed by atoms with Crippen LogP contribution in [0.1, 0.15) is 64.5 Å². The first-order valence-corrected chi connectivity index (χ1v) is 10.2. The van der Waals surface area contributed by atoms with E-state index in [0.29, 0.717) is 12.6 Å². The first-order chi connectivity index (χ1) is 12.8. The number of hydrogen-bond donors (Lipinski definition) is 1. The molecule has 27 heavy (non-hydrogen) atoms. The molecule has 1 saturated carbocycles. The first kappa shape index (κ1) is 18.5. The summed E-state index contributed by atoms with van der Waals surface area (Å²) >= 11 is 0. The van der Waals surface area contributed by atoms with Crippen molar-refractivity contribution in [2.24, 2.45) is 11.3 Å². The minimum Gasteiger partial charge on any atom is -0.323 e. The van der Waals surface area contributed by atoms with E-state index in [1.165, 1.54) is 10.5 Å². The van der Waals surface area contributed by atoms with Crippen LogP contribution in [0, 0.1) is 11.3 Å². The minimum atomic E-state index is -0.708. The maximum atomic E-state index is 13.4. The van der Waals surface area contributed by atoms with Crippen molar-refractivity contribution in [2.75, 3.05) is 13.2 Å². The van der Waals surface area contributed by atoms with Gasteiger partial charge in [-0.2, -0.15) is 0 Å². The summed E-state index contributed by atoms with van der Waals surface area (Å²) < 4.78 is 0. The highest BCUT2D eigenvalue weighted by Crippen LogP contribution is 2.46. The first-order valence-electron chi connectivity index (χ1n) is 10.2. The van der Waals surface area contributed by atoms with Gasteiger partial charge in [0.1, 0.15) is 5.54 Å². The number of nitrogens with one attached hydrogen (secondary N) is 1. The van der Waals surface area contributed by atoms with Crippen molar-refractivity contribution in [1.29, 1.82) is 0 Å². The Labute approximate surface area is 162 Å². The van der Waals surface area contributed by atoms with Gasteiger partial charge in [0, 0.05) is 12.6 Å². The third-order valence-corrected chi connectivity index (χ3v) is 6.50. The second kappa shape index (κ2) is 6.62. The van der Waals surface area contributed by atoms with Crippen molar-refractivity contribution in [2.45, 2.75) is 64.5 Å². The molecule has 3 aliphatic rings. The summed E-state index contributed by atoms with van der Waals surface area (Å²) in [6.45, 7) is 7.92. The summed E-state index contributed by atoms with van der Waals surface area (Å²) in [5.74, 6) is 0.410. The van der Waals surface area contributed by atoms with E-state index in [4.69, 9.17) is 0 Å². The van der Waals surface area contributed by atoms with Crippen LogP contribution in [0.5, 0.6) is 0 Å². The smallest absolute Gasteiger partial charge is 0.323 e. The van der Waals surface area contributed by atoms with E-state index in [1.54, 1.807) is 0 Å². The molecule has 2 heterocycles. The molecule has 0 aromatic heterocycles. The van der Waals surface area contributed by atoms with E-state index in [9.17, 15) is 9.59 Å². The van der Waals surface area contributed by atoms with Gasteiger partial charge in [-0.3, -0.25) is 9.69 Å². The van der Waals surface area contributed by atoms with Crippen LogP contribution < -0.4 is 5.32 Å². The number of carbonyl (C=O) groups excluding carboxylic acids is 2. The average molecular weight is 370 g/mol. The van der Waals surface area contributed by atoms with Crippen molar-refractivity contribution in [1.82, 2.24) is 15.1 Å². The van der Waals surface area contributed by atoms with Crippen LogP contribution in [-0.4, -0.2) is 40.5 Å². The lowest BCUT2D eigenvalue weighted by atomic mass is 9.64. The summed E-state index contributed by atoms with van der Waals surface area (Å²) in [6.07, 6.45) is 4.74. The molecule has 0 radical (unpaired) electrons. The molecule has 1 aromatic carbocycles. The SMILES string of the molecule is CC1CC(C)(C)CC2(C1)NC(=O)N(CN1CCCC1c1ccccc1)C2=O. The highest BCUT2D eigenvalue weighted by atomic mass is 16.2. The fourth-order valence-corrected chi connectivity index (χ4v) is 5.86. The van der Waals surface area contributed by atoms with Crippen molar-refractivity contribution in [3.8, 4) is 0 Å². The second-order valence-corrected chi connectivity index (χ2v) is 9.62. The molecule has 3 unspecified atom stereocenters. The predicted molar refractivity (Wildman–Crippen MR) is 105 cm³/mol. The van der Waals surface area contributed by atoms with Gasteiger partial charge in [-0.15, -0.1) is 0 Å². The molecule has 3 atom stereocenters. The molecule has 4 rings (SSSR count). The van der Waals surface area contributed by atoms with Crippen molar-refractivity contribution in [3.05, 3.63) is 35.9 Å². The van der Waals surface area contributed by atoms with Gasteiger partial charge in [-0.1, -0.05) is 51.1 Å². The minimum absolute atomic E-state index is 0.0224. The molecule has 146 valence electrons. The number of imide groups is 1. The topological polar surface area (TPSA) is 52.7 Å². The number of rotatable bonds is 3. The van der Waals surface area contributed by atoms with Crippen LogP contribution >= 0.6 is 0 Å². The van der Waals surface area contributed by atoms with Crippen molar-refractivity contribution < 1.29 is 9.59 Å². The zero-order valence-electron chi connectivity index (χ0n) is 16.7. The number of amides is 3.